The standard InChI is InChI=1S/C25H21NO7/c1-31-16-6-5-14(20(11-16)32-2)10-21-24(30)17-7-8-19(27)23(25(17)33-21)18(12-22(28)29)15-4-3-9-26-13-15/h3-11,13,18,27H,12H2,1-2H3,(H,28,29)/b21-10-. The van der Waals surface area contributed by atoms with Gasteiger partial charge in [-0.1, -0.05) is 6.07 Å². The van der Waals surface area contributed by atoms with Crippen LogP contribution in [0.5, 0.6) is 23.0 Å². The lowest BCUT2D eigenvalue weighted by molar-refractivity contribution is -0.137. The number of benzene rings is 2. The van der Waals surface area contributed by atoms with Gasteiger partial charge >= 0.3 is 5.97 Å². The zero-order valence-corrected chi connectivity index (χ0v) is 17.9. The smallest absolute Gasteiger partial charge is 0.304 e. The molecule has 0 amide bonds. The summed E-state index contributed by atoms with van der Waals surface area (Å²) in [7, 11) is 3.04. The highest BCUT2D eigenvalue weighted by atomic mass is 16.5. The lowest BCUT2D eigenvalue weighted by Crippen LogP contribution is -2.10. The van der Waals surface area contributed by atoms with Gasteiger partial charge in [-0.15, -0.1) is 0 Å². The molecular formula is C25H21NO7. The number of fused-ring (bicyclic) bond motifs is 1. The van der Waals surface area contributed by atoms with E-state index in [9.17, 15) is 19.8 Å². The van der Waals surface area contributed by atoms with E-state index in [2.05, 4.69) is 4.98 Å². The van der Waals surface area contributed by atoms with Crippen LogP contribution in [0.3, 0.4) is 0 Å². The number of ether oxygens (including phenoxy) is 3. The van der Waals surface area contributed by atoms with E-state index in [0.29, 0.717) is 22.6 Å². The Labute approximate surface area is 189 Å². The molecule has 1 aromatic heterocycles. The van der Waals surface area contributed by atoms with E-state index in [0.717, 1.165) is 0 Å². The Morgan fingerprint density at radius 1 is 1.18 bits per heavy atom. The van der Waals surface area contributed by atoms with Crippen LogP contribution in [-0.2, 0) is 4.79 Å². The molecule has 3 aromatic rings. The molecule has 1 aliphatic rings. The molecule has 2 aromatic carbocycles. The summed E-state index contributed by atoms with van der Waals surface area (Å²) in [4.78, 5) is 28.8. The van der Waals surface area contributed by atoms with Crippen LogP contribution in [0.1, 0.15) is 39.4 Å². The fourth-order valence-electron chi connectivity index (χ4n) is 3.82. The Balaban J connectivity index is 1.80. The van der Waals surface area contributed by atoms with Crippen LogP contribution < -0.4 is 14.2 Å². The van der Waals surface area contributed by atoms with Crippen LogP contribution in [0.25, 0.3) is 6.08 Å². The summed E-state index contributed by atoms with van der Waals surface area (Å²) in [5.41, 5.74) is 1.63. The molecule has 0 radical (unpaired) electrons. The molecule has 2 N–H and O–H groups in total. The number of phenolic OH excluding ortho intramolecular Hbond substituents is 1. The van der Waals surface area contributed by atoms with E-state index >= 15 is 0 Å². The van der Waals surface area contributed by atoms with Gasteiger partial charge in [0.05, 0.1) is 26.2 Å². The minimum absolute atomic E-state index is 0.0283. The first-order valence-corrected chi connectivity index (χ1v) is 10.1. The number of carbonyl (C=O) groups is 2. The second-order valence-electron chi connectivity index (χ2n) is 7.36. The van der Waals surface area contributed by atoms with E-state index in [-0.39, 0.29) is 40.6 Å². The monoisotopic (exact) mass is 447 g/mol. The van der Waals surface area contributed by atoms with Crippen molar-refractivity contribution < 1.29 is 34.0 Å². The molecular weight excluding hydrogens is 426 g/mol. The van der Waals surface area contributed by atoms with Gasteiger partial charge in [0.1, 0.15) is 23.0 Å². The molecule has 2 heterocycles. The van der Waals surface area contributed by atoms with Crippen LogP contribution >= 0.6 is 0 Å². The summed E-state index contributed by atoms with van der Waals surface area (Å²) in [5.74, 6) is -1.15. The predicted molar refractivity (Wildman–Crippen MR) is 119 cm³/mol. The van der Waals surface area contributed by atoms with Crippen LogP contribution in [-0.4, -0.2) is 41.2 Å². The number of aromatic nitrogens is 1. The summed E-state index contributed by atoms with van der Waals surface area (Å²) in [6, 6.07) is 11.4. The molecule has 8 heteroatoms. The first-order chi connectivity index (χ1) is 15.9. The lowest BCUT2D eigenvalue weighted by atomic mass is 9.87. The zero-order valence-electron chi connectivity index (χ0n) is 17.9. The molecule has 0 spiro atoms. The molecule has 4 rings (SSSR count). The summed E-state index contributed by atoms with van der Waals surface area (Å²) < 4.78 is 16.5. The largest absolute Gasteiger partial charge is 0.508 e. The van der Waals surface area contributed by atoms with Gasteiger partial charge in [0, 0.05) is 35.5 Å². The number of pyridine rings is 1. The second kappa shape index (κ2) is 9.04. The molecule has 8 nitrogen and oxygen atoms in total. The number of aromatic hydroxyl groups is 1. The molecule has 1 unspecified atom stereocenters. The number of nitrogens with zero attached hydrogens (tertiary/aromatic N) is 1. The van der Waals surface area contributed by atoms with Crippen LogP contribution in [0.4, 0.5) is 0 Å². The summed E-state index contributed by atoms with van der Waals surface area (Å²) >= 11 is 0. The second-order valence-corrected chi connectivity index (χ2v) is 7.36. The number of phenols is 1. The number of aliphatic carboxylic acids is 1. The third-order valence-corrected chi connectivity index (χ3v) is 5.39. The Morgan fingerprint density at radius 3 is 2.67 bits per heavy atom. The molecule has 0 bridgehead atoms. The molecule has 168 valence electrons. The number of methoxy groups -OCH3 is 2. The van der Waals surface area contributed by atoms with E-state index in [1.807, 2.05) is 0 Å². The third-order valence-electron chi connectivity index (χ3n) is 5.39. The average Bonchev–Trinajstić information content (AvgIpc) is 3.13. The van der Waals surface area contributed by atoms with E-state index in [1.54, 1.807) is 36.5 Å². The number of rotatable bonds is 7. The normalized spacial score (nSPS) is 14.5. The van der Waals surface area contributed by atoms with Crippen molar-refractivity contribution >= 4 is 17.8 Å². The zero-order chi connectivity index (χ0) is 23.5. The Hall–Kier alpha value is -4.33. The predicted octanol–water partition coefficient (Wildman–Crippen LogP) is 4.03. The summed E-state index contributed by atoms with van der Waals surface area (Å²) in [6.07, 6.45) is 4.32. The topological polar surface area (TPSA) is 115 Å². The van der Waals surface area contributed by atoms with Gasteiger partial charge in [-0.2, -0.15) is 0 Å². The first-order valence-electron chi connectivity index (χ1n) is 10.1. The number of hydrogen-bond acceptors (Lipinski definition) is 7. The Bertz CT molecular complexity index is 1250. The van der Waals surface area contributed by atoms with Gasteiger partial charge in [0.25, 0.3) is 0 Å². The van der Waals surface area contributed by atoms with Gasteiger partial charge in [0.15, 0.2) is 5.76 Å². The number of hydrogen-bond donors (Lipinski definition) is 2. The van der Waals surface area contributed by atoms with Gasteiger partial charge in [-0.05, 0) is 42.0 Å². The van der Waals surface area contributed by atoms with Gasteiger partial charge < -0.3 is 24.4 Å². The minimum Gasteiger partial charge on any atom is -0.508 e. The first kappa shape index (κ1) is 21.9. The van der Waals surface area contributed by atoms with E-state index < -0.39 is 11.9 Å². The van der Waals surface area contributed by atoms with Crippen molar-refractivity contribution in [2.75, 3.05) is 14.2 Å². The fourth-order valence-corrected chi connectivity index (χ4v) is 3.82. The highest BCUT2D eigenvalue weighted by Crippen LogP contribution is 2.46. The number of carbonyl (C=O) groups excluding carboxylic acids is 1. The average molecular weight is 447 g/mol. The molecule has 0 saturated carbocycles. The molecule has 0 aliphatic carbocycles. The van der Waals surface area contributed by atoms with Gasteiger partial charge in [0.2, 0.25) is 5.78 Å². The lowest BCUT2D eigenvalue weighted by Gasteiger charge is -2.19. The van der Waals surface area contributed by atoms with Crippen molar-refractivity contribution in [3.63, 3.8) is 0 Å². The van der Waals surface area contributed by atoms with Gasteiger partial charge in [-0.3, -0.25) is 14.6 Å². The van der Waals surface area contributed by atoms with E-state index in [4.69, 9.17) is 14.2 Å². The highest BCUT2D eigenvalue weighted by Gasteiger charge is 2.35. The van der Waals surface area contributed by atoms with Crippen molar-refractivity contribution in [2.45, 2.75) is 12.3 Å². The quantitative estimate of drug-likeness (QED) is 0.522. The third kappa shape index (κ3) is 4.23. The molecule has 0 saturated heterocycles. The number of carboxylic acids is 1. The van der Waals surface area contributed by atoms with Crippen molar-refractivity contribution in [3.8, 4) is 23.0 Å². The number of Topliss-reactive ketones (excluding diaryl/α,β-unsaturated/α-hetero) is 1. The molecule has 1 atom stereocenters. The maximum atomic E-state index is 13.1. The van der Waals surface area contributed by atoms with Gasteiger partial charge in [-0.25, -0.2) is 0 Å². The Kier molecular flexibility index (Phi) is 5.99. The molecule has 33 heavy (non-hydrogen) atoms. The van der Waals surface area contributed by atoms with Crippen molar-refractivity contribution in [1.29, 1.82) is 0 Å². The van der Waals surface area contributed by atoms with Crippen molar-refractivity contribution in [3.05, 3.63) is 82.9 Å². The number of allylic oxidation sites excluding steroid dienone is 1. The minimum atomic E-state index is -1.07. The summed E-state index contributed by atoms with van der Waals surface area (Å²) in [6.45, 7) is 0. The van der Waals surface area contributed by atoms with Crippen molar-refractivity contribution in [2.24, 2.45) is 0 Å². The number of carboxylic acid groups (broad SMARTS) is 1. The fraction of sp³-hybridized carbons (Fsp3) is 0.160. The Morgan fingerprint density at radius 2 is 2.00 bits per heavy atom. The molecule has 1 aliphatic heterocycles. The van der Waals surface area contributed by atoms with Crippen molar-refractivity contribution in [1.82, 2.24) is 4.98 Å². The van der Waals surface area contributed by atoms with Crippen LogP contribution in [0.15, 0.2) is 60.6 Å². The maximum Gasteiger partial charge on any atom is 0.304 e. The van der Waals surface area contributed by atoms with Crippen LogP contribution in [0.2, 0.25) is 0 Å². The SMILES string of the molecule is COc1ccc(/C=C2\Oc3c(ccc(O)c3C(CC(=O)O)c3cccnc3)C2=O)c(OC)c1. The van der Waals surface area contributed by atoms with Crippen LogP contribution in [0, 0.1) is 0 Å². The maximum absolute atomic E-state index is 13.1. The highest BCUT2D eigenvalue weighted by molar-refractivity contribution is 6.15. The molecule has 0 fully saturated rings. The van der Waals surface area contributed by atoms with E-state index in [1.165, 1.54) is 38.6 Å². The number of ketones is 1. The summed E-state index contributed by atoms with van der Waals surface area (Å²) in [5, 5.41) is 20.2.